The molecule has 0 bridgehead atoms. The summed E-state index contributed by atoms with van der Waals surface area (Å²) in [5.74, 6) is 0. The maximum atomic E-state index is 9.50. The first-order valence-electron chi connectivity index (χ1n) is 9.41. The van der Waals surface area contributed by atoms with Crippen LogP contribution in [0.2, 0.25) is 0 Å². The minimum absolute atomic E-state index is 0.132. The van der Waals surface area contributed by atoms with Crippen molar-refractivity contribution in [3.63, 3.8) is 0 Å². The van der Waals surface area contributed by atoms with Crippen LogP contribution in [0, 0.1) is 0 Å². The van der Waals surface area contributed by atoms with Crippen molar-refractivity contribution in [3.8, 4) is 0 Å². The molecule has 3 N–H and O–H groups in total. The van der Waals surface area contributed by atoms with Crippen molar-refractivity contribution in [1.29, 1.82) is 0 Å². The molecule has 0 aliphatic carbocycles. The molecule has 0 heterocycles. The van der Waals surface area contributed by atoms with E-state index in [4.69, 9.17) is 14.5 Å². The largest absolute Gasteiger partial charge is 0.388 e. The van der Waals surface area contributed by atoms with Crippen LogP contribution in [0.1, 0.15) is 84.0 Å². The smallest absolute Gasteiger partial charge is 0.321 e. The number of hydrogen-bond acceptors (Lipinski definition) is 4. The zero-order valence-electron chi connectivity index (χ0n) is 15.2. The van der Waals surface area contributed by atoms with Gasteiger partial charge >= 0.3 is 6.72 Å². The lowest BCUT2D eigenvalue weighted by atomic mass is 10.1. The summed E-state index contributed by atoms with van der Waals surface area (Å²) in [6.07, 6.45) is 14.7. The second-order valence-electron chi connectivity index (χ2n) is 6.40. The van der Waals surface area contributed by atoms with E-state index in [1.165, 1.54) is 64.2 Å². The predicted molar refractivity (Wildman–Crippen MR) is 103 cm³/mol. The first-order valence-corrected chi connectivity index (χ1v) is 12.0. The molecule has 0 saturated carbocycles. The number of rotatable bonds is 18. The van der Waals surface area contributed by atoms with Crippen LogP contribution in [0.25, 0.3) is 0 Å². The number of aliphatic hydroxyl groups is 1. The summed E-state index contributed by atoms with van der Waals surface area (Å²) < 4.78 is 9.91. The predicted octanol–water partition coefficient (Wildman–Crippen LogP) is 4.29. The second kappa shape index (κ2) is 16.9. The van der Waals surface area contributed by atoms with E-state index in [0.717, 1.165) is 12.8 Å². The van der Waals surface area contributed by atoms with Crippen LogP contribution in [-0.4, -0.2) is 40.8 Å². The summed E-state index contributed by atoms with van der Waals surface area (Å²) in [4.78, 5) is 17.7. The van der Waals surface area contributed by atoms with Crippen molar-refractivity contribution < 1.29 is 24.2 Å². The van der Waals surface area contributed by atoms with Crippen molar-refractivity contribution in [1.82, 2.24) is 0 Å². The third-order valence-electron chi connectivity index (χ3n) is 3.89. The molecule has 146 valence electrons. The first kappa shape index (κ1) is 24.5. The third-order valence-corrected chi connectivity index (χ3v) is 4.69. The van der Waals surface area contributed by atoms with E-state index in [2.05, 4.69) is 23.3 Å². The normalized spacial score (nSPS) is 13.3. The molecule has 0 spiro atoms. The Morgan fingerprint density at radius 1 is 0.792 bits per heavy atom. The van der Waals surface area contributed by atoms with E-state index in [1.54, 1.807) is 0 Å². The average molecular weight is 385 g/mol. The Bertz CT molecular complexity index is 311. The van der Waals surface area contributed by atoms with E-state index in [1.807, 2.05) is 0 Å². The molecular formula is C17H37O5PS. The Labute approximate surface area is 153 Å². The lowest BCUT2D eigenvalue weighted by Crippen LogP contribution is -2.21. The van der Waals surface area contributed by atoms with Gasteiger partial charge in [-0.15, -0.1) is 0 Å². The highest BCUT2D eigenvalue weighted by Crippen LogP contribution is 2.36. The van der Waals surface area contributed by atoms with Crippen LogP contribution in [-0.2, 0) is 21.1 Å². The lowest BCUT2D eigenvalue weighted by molar-refractivity contribution is 0.00838. The van der Waals surface area contributed by atoms with Crippen molar-refractivity contribution in [2.24, 2.45) is 0 Å². The van der Waals surface area contributed by atoms with Gasteiger partial charge in [0.25, 0.3) is 0 Å². The molecule has 24 heavy (non-hydrogen) atoms. The van der Waals surface area contributed by atoms with Crippen LogP contribution in [0.4, 0.5) is 0 Å². The number of unbranched alkanes of at least 4 members (excludes halogenated alkanes) is 11. The average Bonchev–Trinajstić information content (AvgIpc) is 2.52. The molecular weight excluding hydrogens is 347 g/mol. The van der Waals surface area contributed by atoms with Crippen molar-refractivity contribution >= 4 is 18.5 Å². The molecule has 0 saturated heterocycles. The summed E-state index contributed by atoms with van der Waals surface area (Å²) in [5, 5.41) is 9.50. The van der Waals surface area contributed by atoms with Crippen molar-refractivity contribution in [2.45, 2.75) is 90.1 Å². The zero-order chi connectivity index (χ0) is 18.1. The van der Waals surface area contributed by atoms with E-state index < -0.39 is 12.8 Å². The SMILES string of the molecule is CCCCCCCCCCCCCCOCC(O)COP(O)(O)=S. The summed E-state index contributed by atoms with van der Waals surface area (Å²) >= 11 is 4.30. The van der Waals surface area contributed by atoms with E-state index in [-0.39, 0.29) is 13.2 Å². The Hall–Kier alpha value is 0.450. The topological polar surface area (TPSA) is 79.2 Å². The van der Waals surface area contributed by atoms with Crippen LogP contribution < -0.4 is 0 Å². The van der Waals surface area contributed by atoms with E-state index >= 15 is 0 Å². The van der Waals surface area contributed by atoms with E-state index in [0.29, 0.717) is 6.61 Å². The molecule has 0 rings (SSSR count). The zero-order valence-corrected chi connectivity index (χ0v) is 16.9. The fraction of sp³-hybridized carbons (Fsp3) is 1.00. The van der Waals surface area contributed by atoms with Gasteiger partial charge in [0.15, 0.2) is 0 Å². The van der Waals surface area contributed by atoms with Crippen molar-refractivity contribution in [2.75, 3.05) is 19.8 Å². The van der Waals surface area contributed by atoms with Gasteiger partial charge in [-0.05, 0) is 18.2 Å². The van der Waals surface area contributed by atoms with Gasteiger partial charge < -0.3 is 24.2 Å². The highest BCUT2D eigenvalue weighted by Gasteiger charge is 2.12. The maximum absolute atomic E-state index is 9.50. The van der Waals surface area contributed by atoms with Gasteiger partial charge in [0, 0.05) is 6.61 Å². The van der Waals surface area contributed by atoms with Crippen LogP contribution in [0.15, 0.2) is 0 Å². The highest BCUT2D eigenvalue weighted by atomic mass is 32.5. The molecule has 1 unspecified atom stereocenters. The van der Waals surface area contributed by atoms with Gasteiger partial charge in [-0.25, -0.2) is 0 Å². The van der Waals surface area contributed by atoms with Gasteiger partial charge in [0.1, 0.15) is 6.10 Å². The van der Waals surface area contributed by atoms with Crippen molar-refractivity contribution in [3.05, 3.63) is 0 Å². The molecule has 0 aliphatic rings. The molecule has 1 atom stereocenters. The summed E-state index contributed by atoms with van der Waals surface area (Å²) in [6, 6.07) is 0. The molecule has 0 aromatic carbocycles. The molecule has 0 aromatic rings. The van der Waals surface area contributed by atoms with Gasteiger partial charge in [-0.1, -0.05) is 77.6 Å². The van der Waals surface area contributed by atoms with Crippen LogP contribution >= 0.6 is 6.72 Å². The minimum Gasteiger partial charge on any atom is -0.388 e. The summed E-state index contributed by atoms with van der Waals surface area (Å²) in [6.45, 7) is -0.885. The Balaban J connectivity index is 3.16. The third kappa shape index (κ3) is 20.5. The Morgan fingerprint density at radius 2 is 1.25 bits per heavy atom. The lowest BCUT2D eigenvalue weighted by Gasteiger charge is -2.13. The second-order valence-corrected chi connectivity index (χ2v) is 9.07. The summed E-state index contributed by atoms with van der Waals surface area (Å²) in [7, 11) is 0. The minimum atomic E-state index is -3.68. The van der Waals surface area contributed by atoms with Gasteiger partial charge in [0.05, 0.1) is 13.2 Å². The Kier molecular flexibility index (Phi) is 17.2. The standard InChI is InChI=1S/C17H37O5PS/c1-2-3-4-5-6-7-8-9-10-11-12-13-14-21-15-17(18)16-22-23(19,20)24/h17-18H,2-16H2,1H3,(H2,19,20,24). The Morgan fingerprint density at radius 3 is 1.71 bits per heavy atom. The molecule has 0 aliphatic heterocycles. The molecule has 5 nitrogen and oxygen atoms in total. The fourth-order valence-electron chi connectivity index (χ4n) is 2.50. The molecule has 0 aromatic heterocycles. The number of ether oxygens (including phenoxy) is 1. The first-order chi connectivity index (χ1) is 11.5. The van der Waals surface area contributed by atoms with Gasteiger partial charge in [0.2, 0.25) is 0 Å². The quantitative estimate of drug-likeness (QED) is 0.242. The highest BCUT2D eigenvalue weighted by molar-refractivity contribution is 8.06. The molecule has 7 heteroatoms. The number of aliphatic hydroxyl groups excluding tert-OH is 1. The molecule has 0 fully saturated rings. The van der Waals surface area contributed by atoms with Gasteiger partial charge in [-0.2, -0.15) is 0 Å². The number of hydrogen-bond donors (Lipinski definition) is 3. The fourth-order valence-corrected chi connectivity index (χ4v) is 3.04. The molecule has 0 radical (unpaired) electrons. The van der Waals surface area contributed by atoms with Crippen LogP contribution in [0.3, 0.4) is 0 Å². The van der Waals surface area contributed by atoms with Gasteiger partial charge in [-0.3, -0.25) is 0 Å². The summed E-state index contributed by atoms with van der Waals surface area (Å²) in [5.41, 5.74) is 0. The maximum Gasteiger partial charge on any atom is 0.321 e. The monoisotopic (exact) mass is 384 g/mol. The van der Waals surface area contributed by atoms with Crippen LogP contribution in [0.5, 0.6) is 0 Å². The van der Waals surface area contributed by atoms with E-state index in [9.17, 15) is 5.11 Å². The molecule has 0 amide bonds.